The average Bonchev–Trinajstić information content (AvgIpc) is 3.09. The van der Waals surface area contributed by atoms with Crippen molar-refractivity contribution in [3.8, 4) is 0 Å². The number of aryl methyl sites for hydroxylation is 1. The average molecular weight is 354 g/mol. The molecule has 0 saturated carbocycles. The van der Waals surface area contributed by atoms with Crippen LogP contribution in [0.4, 0.5) is 0 Å². The molecule has 2 aliphatic heterocycles. The van der Waals surface area contributed by atoms with Gasteiger partial charge in [-0.3, -0.25) is 4.79 Å². The highest BCUT2D eigenvalue weighted by atomic mass is 16.2. The third-order valence-corrected chi connectivity index (χ3v) is 6.45. The Morgan fingerprint density at radius 1 is 1.19 bits per heavy atom. The molecule has 1 aromatic carbocycles. The van der Waals surface area contributed by atoms with Crippen molar-refractivity contribution in [2.24, 2.45) is 5.92 Å². The molecule has 3 heterocycles. The van der Waals surface area contributed by atoms with Crippen molar-refractivity contribution in [3.63, 3.8) is 0 Å². The van der Waals surface area contributed by atoms with E-state index in [-0.39, 0.29) is 5.91 Å². The molecule has 4 heteroatoms. The van der Waals surface area contributed by atoms with E-state index in [0.717, 1.165) is 18.5 Å². The standard InChI is InChI=1S/C22H31N3O/c1-24(16-18-7-6-14-25-13-5-4-10-21(18)25)22(26)12-11-17-15-23-20-9-3-2-8-19(17)20/h2-3,8-9,15,18,21,23H,4-7,10-14,16H2,1H3/t18-,21+/m0/s1. The molecule has 0 bridgehead atoms. The Morgan fingerprint density at radius 3 is 2.96 bits per heavy atom. The zero-order chi connectivity index (χ0) is 17.9. The molecule has 2 aliphatic rings. The lowest BCUT2D eigenvalue weighted by Crippen LogP contribution is -2.51. The van der Waals surface area contributed by atoms with E-state index in [1.807, 2.05) is 18.0 Å². The second kappa shape index (κ2) is 7.83. The van der Waals surface area contributed by atoms with E-state index in [2.05, 4.69) is 34.3 Å². The van der Waals surface area contributed by atoms with Crippen molar-refractivity contribution in [2.75, 3.05) is 26.7 Å². The largest absolute Gasteiger partial charge is 0.361 e. The van der Waals surface area contributed by atoms with Gasteiger partial charge in [-0.15, -0.1) is 0 Å². The molecule has 0 aliphatic carbocycles. The number of H-pyrrole nitrogens is 1. The summed E-state index contributed by atoms with van der Waals surface area (Å²) in [4.78, 5) is 20.7. The molecule has 1 aromatic heterocycles. The fourth-order valence-electron chi connectivity index (χ4n) is 5.01. The predicted octanol–water partition coefficient (Wildman–Crippen LogP) is 3.82. The van der Waals surface area contributed by atoms with Crippen LogP contribution < -0.4 is 0 Å². The Morgan fingerprint density at radius 2 is 2.04 bits per heavy atom. The number of hydrogen-bond donors (Lipinski definition) is 1. The van der Waals surface area contributed by atoms with Crippen LogP contribution in [0.25, 0.3) is 10.9 Å². The smallest absolute Gasteiger partial charge is 0.222 e. The van der Waals surface area contributed by atoms with Gasteiger partial charge >= 0.3 is 0 Å². The fraction of sp³-hybridized carbons (Fsp3) is 0.591. The van der Waals surface area contributed by atoms with Gasteiger partial charge in [0.05, 0.1) is 0 Å². The number of nitrogens with one attached hydrogen (secondary N) is 1. The number of hydrogen-bond acceptors (Lipinski definition) is 2. The van der Waals surface area contributed by atoms with Gasteiger partial charge in [-0.1, -0.05) is 24.6 Å². The summed E-state index contributed by atoms with van der Waals surface area (Å²) in [6, 6.07) is 9.04. The van der Waals surface area contributed by atoms with Gasteiger partial charge in [-0.25, -0.2) is 0 Å². The summed E-state index contributed by atoms with van der Waals surface area (Å²) in [6.45, 7) is 3.45. The summed E-state index contributed by atoms with van der Waals surface area (Å²) in [6.07, 6.45) is 10.1. The molecule has 2 aromatic rings. The molecular weight excluding hydrogens is 322 g/mol. The number of benzene rings is 1. The maximum absolute atomic E-state index is 12.7. The quantitative estimate of drug-likeness (QED) is 0.887. The van der Waals surface area contributed by atoms with Crippen LogP contribution in [0.1, 0.15) is 44.1 Å². The summed E-state index contributed by atoms with van der Waals surface area (Å²) >= 11 is 0. The minimum Gasteiger partial charge on any atom is -0.361 e. The minimum atomic E-state index is 0.281. The Bertz CT molecular complexity index is 751. The highest BCUT2D eigenvalue weighted by molar-refractivity contribution is 5.84. The number of aromatic nitrogens is 1. The number of aromatic amines is 1. The summed E-state index contributed by atoms with van der Waals surface area (Å²) in [5, 5.41) is 1.24. The first-order valence-electron chi connectivity index (χ1n) is 10.3. The van der Waals surface area contributed by atoms with Crippen LogP contribution in [-0.4, -0.2) is 53.4 Å². The van der Waals surface area contributed by atoms with E-state index in [4.69, 9.17) is 0 Å². The van der Waals surface area contributed by atoms with E-state index in [0.29, 0.717) is 18.4 Å². The molecule has 26 heavy (non-hydrogen) atoms. The molecule has 1 N–H and O–H groups in total. The van der Waals surface area contributed by atoms with Crippen LogP contribution in [0.15, 0.2) is 30.5 Å². The zero-order valence-electron chi connectivity index (χ0n) is 15.9. The molecule has 1 amide bonds. The number of nitrogens with zero attached hydrogens (tertiary/aromatic N) is 2. The van der Waals surface area contributed by atoms with E-state index in [1.165, 1.54) is 56.1 Å². The summed E-state index contributed by atoms with van der Waals surface area (Å²) in [5.41, 5.74) is 2.40. The van der Waals surface area contributed by atoms with Gasteiger partial charge in [0.1, 0.15) is 0 Å². The Labute approximate surface area is 156 Å². The lowest BCUT2D eigenvalue weighted by molar-refractivity contribution is -0.131. The molecule has 4 rings (SSSR count). The van der Waals surface area contributed by atoms with E-state index < -0.39 is 0 Å². The van der Waals surface area contributed by atoms with Crippen molar-refractivity contribution >= 4 is 16.8 Å². The topological polar surface area (TPSA) is 39.3 Å². The third kappa shape index (κ3) is 3.66. The number of amides is 1. The maximum atomic E-state index is 12.7. The highest BCUT2D eigenvalue weighted by Gasteiger charge is 2.33. The molecule has 2 fully saturated rings. The summed E-state index contributed by atoms with van der Waals surface area (Å²) in [5.74, 6) is 0.939. The molecule has 4 nitrogen and oxygen atoms in total. The van der Waals surface area contributed by atoms with Crippen LogP contribution in [0, 0.1) is 5.92 Å². The second-order valence-electron chi connectivity index (χ2n) is 8.14. The van der Waals surface area contributed by atoms with Crippen molar-refractivity contribution in [1.29, 1.82) is 0 Å². The van der Waals surface area contributed by atoms with Crippen LogP contribution in [0.3, 0.4) is 0 Å². The van der Waals surface area contributed by atoms with Gasteiger partial charge in [0.15, 0.2) is 0 Å². The van der Waals surface area contributed by atoms with Crippen molar-refractivity contribution in [2.45, 2.75) is 51.0 Å². The first-order valence-corrected chi connectivity index (χ1v) is 10.3. The van der Waals surface area contributed by atoms with E-state index in [9.17, 15) is 4.79 Å². The summed E-state index contributed by atoms with van der Waals surface area (Å²) < 4.78 is 0. The van der Waals surface area contributed by atoms with Gasteiger partial charge in [0.2, 0.25) is 5.91 Å². The third-order valence-electron chi connectivity index (χ3n) is 6.45. The Balaban J connectivity index is 1.33. The maximum Gasteiger partial charge on any atom is 0.222 e. The first-order chi connectivity index (χ1) is 12.7. The van der Waals surface area contributed by atoms with Crippen LogP contribution in [0.2, 0.25) is 0 Å². The van der Waals surface area contributed by atoms with Crippen molar-refractivity contribution < 1.29 is 4.79 Å². The van der Waals surface area contributed by atoms with E-state index in [1.54, 1.807) is 0 Å². The normalized spacial score (nSPS) is 23.7. The highest BCUT2D eigenvalue weighted by Crippen LogP contribution is 2.31. The van der Waals surface area contributed by atoms with Crippen molar-refractivity contribution in [3.05, 3.63) is 36.0 Å². The Hall–Kier alpha value is -1.81. The van der Waals surface area contributed by atoms with Gasteiger partial charge < -0.3 is 14.8 Å². The predicted molar refractivity (Wildman–Crippen MR) is 106 cm³/mol. The van der Waals surface area contributed by atoms with Crippen LogP contribution in [-0.2, 0) is 11.2 Å². The number of para-hydroxylation sites is 1. The zero-order valence-corrected chi connectivity index (χ0v) is 15.9. The lowest BCUT2D eigenvalue weighted by atomic mass is 9.83. The van der Waals surface area contributed by atoms with E-state index >= 15 is 0 Å². The molecule has 140 valence electrons. The van der Waals surface area contributed by atoms with Gasteiger partial charge in [0.25, 0.3) is 0 Å². The SMILES string of the molecule is CN(C[C@@H]1CCCN2CCCC[C@H]12)C(=O)CCc1c[nH]c2ccccc12. The number of piperidine rings is 2. The van der Waals surface area contributed by atoms with Gasteiger partial charge in [-0.05, 0) is 62.7 Å². The van der Waals surface area contributed by atoms with Gasteiger partial charge in [-0.2, -0.15) is 0 Å². The van der Waals surface area contributed by atoms with Gasteiger partial charge in [0, 0.05) is 43.2 Å². The molecular formula is C22H31N3O. The number of rotatable bonds is 5. The molecule has 2 saturated heterocycles. The molecule has 2 atom stereocenters. The molecule has 0 spiro atoms. The number of fused-ring (bicyclic) bond motifs is 2. The Kier molecular flexibility index (Phi) is 5.30. The molecule has 0 radical (unpaired) electrons. The monoisotopic (exact) mass is 353 g/mol. The lowest BCUT2D eigenvalue weighted by Gasteiger charge is -2.45. The van der Waals surface area contributed by atoms with Crippen LogP contribution in [0.5, 0.6) is 0 Å². The number of carbonyl (C=O) groups excluding carboxylic acids is 1. The molecule has 0 unspecified atom stereocenters. The van der Waals surface area contributed by atoms with Crippen LogP contribution >= 0.6 is 0 Å². The second-order valence-corrected chi connectivity index (χ2v) is 8.14. The van der Waals surface area contributed by atoms with Crippen molar-refractivity contribution in [1.82, 2.24) is 14.8 Å². The summed E-state index contributed by atoms with van der Waals surface area (Å²) in [7, 11) is 2.00. The number of carbonyl (C=O) groups is 1. The minimum absolute atomic E-state index is 0.281. The first kappa shape index (κ1) is 17.6. The fourth-order valence-corrected chi connectivity index (χ4v) is 5.01.